The number of morpholine rings is 1. The van der Waals surface area contributed by atoms with Gasteiger partial charge in [-0.15, -0.1) is 0 Å². The third kappa shape index (κ3) is 4.54. The molecule has 0 bridgehead atoms. The minimum Gasteiger partial charge on any atom is -0.453 e. The number of carbonyl (C=O) groups is 1. The molecule has 1 aliphatic rings. The molecule has 1 aromatic carbocycles. The number of nitrogens with zero attached hydrogens (tertiary/aromatic N) is 5. The van der Waals surface area contributed by atoms with Crippen LogP contribution in [0.1, 0.15) is 35.2 Å². The molecule has 1 fully saturated rings. The molecule has 5 rings (SSSR count). The summed E-state index contributed by atoms with van der Waals surface area (Å²) in [6.45, 7) is 6.03. The molecule has 0 amide bonds. The normalized spacial score (nSPS) is 15.1. The zero-order valence-electron chi connectivity index (χ0n) is 19.7. The summed E-state index contributed by atoms with van der Waals surface area (Å²) in [7, 11) is -3.64. The van der Waals surface area contributed by atoms with Gasteiger partial charge in [0.25, 0.3) is 0 Å². The lowest BCUT2D eigenvalue weighted by Crippen LogP contribution is -2.40. The number of aryl methyl sites for hydroxylation is 2. The molecule has 4 heterocycles. The van der Waals surface area contributed by atoms with Gasteiger partial charge < -0.3 is 18.4 Å². The van der Waals surface area contributed by atoms with Crippen molar-refractivity contribution in [3.05, 3.63) is 59.8 Å². The van der Waals surface area contributed by atoms with Crippen molar-refractivity contribution >= 4 is 32.7 Å². The van der Waals surface area contributed by atoms with Crippen molar-refractivity contribution in [1.82, 2.24) is 23.2 Å². The van der Waals surface area contributed by atoms with Gasteiger partial charge in [-0.2, -0.15) is 4.31 Å². The number of ether oxygens (including phenoxy) is 2. The number of imidazole rings is 2. The number of aromatic nitrogens is 4. The van der Waals surface area contributed by atoms with Crippen LogP contribution in [0.25, 0.3) is 16.7 Å². The van der Waals surface area contributed by atoms with Crippen molar-refractivity contribution in [3.63, 3.8) is 0 Å². The number of pyridine rings is 1. The zero-order valence-corrected chi connectivity index (χ0v) is 20.5. The first-order valence-corrected chi connectivity index (χ1v) is 13.0. The van der Waals surface area contributed by atoms with Crippen LogP contribution in [0.2, 0.25) is 0 Å². The predicted octanol–water partition coefficient (Wildman–Crippen LogP) is 2.78. The first-order valence-electron chi connectivity index (χ1n) is 11.6. The highest BCUT2D eigenvalue weighted by atomic mass is 32.2. The third-order valence-electron chi connectivity index (χ3n) is 6.01. The summed E-state index contributed by atoms with van der Waals surface area (Å²) in [5, 5.41) is 0. The van der Waals surface area contributed by atoms with Crippen LogP contribution >= 0.6 is 0 Å². The molecule has 0 unspecified atom stereocenters. The van der Waals surface area contributed by atoms with E-state index in [1.54, 1.807) is 28.8 Å². The maximum absolute atomic E-state index is 13.1. The lowest BCUT2D eigenvalue weighted by Gasteiger charge is -2.26. The number of hydrogen-bond acceptors (Lipinski definition) is 7. The molecule has 10 nitrogen and oxygen atoms in total. The standard InChI is InChI=1S/C24H27N5O5S/c1-3-7-29-21-5-4-18(35(31,32)28-9-11-33-12-10-28)14-19(21)25-23(29)16-34-24(30)20-15-27-8-6-17(2)13-22(27)26-20/h4-6,8,13-15H,3,7,9-12,16H2,1-2H3. The lowest BCUT2D eigenvalue weighted by atomic mass is 10.3. The van der Waals surface area contributed by atoms with E-state index in [4.69, 9.17) is 9.47 Å². The Bertz CT molecular complexity index is 1500. The fourth-order valence-electron chi connectivity index (χ4n) is 4.23. The van der Waals surface area contributed by atoms with E-state index in [-0.39, 0.29) is 17.2 Å². The maximum atomic E-state index is 13.1. The van der Waals surface area contributed by atoms with Gasteiger partial charge in [0, 0.05) is 32.0 Å². The summed E-state index contributed by atoms with van der Waals surface area (Å²) in [4.78, 5) is 21.9. The molecule has 4 aromatic rings. The van der Waals surface area contributed by atoms with Gasteiger partial charge in [-0.3, -0.25) is 0 Å². The average molecular weight is 498 g/mol. The van der Waals surface area contributed by atoms with Gasteiger partial charge in [0.15, 0.2) is 5.69 Å². The van der Waals surface area contributed by atoms with Crippen LogP contribution in [-0.4, -0.2) is 63.9 Å². The Morgan fingerprint density at radius 2 is 1.94 bits per heavy atom. The summed E-state index contributed by atoms with van der Waals surface area (Å²) < 4.78 is 42.1. The van der Waals surface area contributed by atoms with Gasteiger partial charge in [0.1, 0.15) is 18.1 Å². The molecular weight excluding hydrogens is 470 g/mol. The number of carbonyl (C=O) groups excluding carboxylic acids is 1. The van der Waals surface area contributed by atoms with Gasteiger partial charge in [-0.1, -0.05) is 6.92 Å². The van der Waals surface area contributed by atoms with E-state index in [2.05, 4.69) is 9.97 Å². The number of rotatable bonds is 7. The number of sulfonamides is 1. The van der Waals surface area contributed by atoms with Gasteiger partial charge in [0.05, 0.1) is 29.1 Å². The minimum atomic E-state index is -3.64. The molecule has 0 saturated carbocycles. The van der Waals surface area contributed by atoms with E-state index >= 15 is 0 Å². The lowest BCUT2D eigenvalue weighted by molar-refractivity contribution is 0.0452. The van der Waals surface area contributed by atoms with Crippen molar-refractivity contribution in [2.75, 3.05) is 26.3 Å². The second-order valence-corrected chi connectivity index (χ2v) is 10.5. The molecule has 35 heavy (non-hydrogen) atoms. The number of esters is 1. The summed E-state index contributed by atoms with van der Waals surface area (Å²) in [5.74, 6) is 0.00720. The fourth-order valence-corrected chi connectivity index (χ4v) is 5.65. The first-order chi connectivity index (χ1) is 16.9. The molecule has 184 valence electrons. The number of hydrogen-bond donors (Lipinski definition) is 0. The van der Waals surface area contributed by atoms with E-state index in [9.17, 15) is 13.2 Å². The Morgan fingerprint density at radius 1 is 1.14 bits per heavy atom. The van der Waals surface area contributed by atoms with E-state index in [0.29, 0.717) is 49.8 Å². The first kappa shape index (κ1) is 23.5. The van der Waals surface area contributed by atoms with Crippen LogP contribution < -0.4 is 0 Å². The van der Waals surface area contributed by atoms with Gasteiger partial charge in [-0.05, 0) is 49.2 Å². The minimum absolute atomic E-state index is 0.0496. The summed E-state index contributed by atoms with van der Waals surface area (Å²) >= 11 is 0. The Labute approximate surface area is 203 Å². The molecule has 0 radical (unpaired) electrons. The highest BCUT2D eigenvalue weighted by Gasteiger charge is 2.27. The highest BCUT2D eigenvalue weighted by Crippen LogP contribution is 2.24. The monoisotopic (exact) mass is 497 g/mol. The van der Waals surface area contributed by atoms with Gasteiger partial charge in [0.2, 0.25) is 10.0 Å². The smallest absolute Gasteiger partial charge is 0.359 e. The molecule has 0 spiro atoms. The Balaban J connectivity index is 1.40. The maximum Gasteiger partial charge on any atom is 0.359 e. The molecule has 0 aliphatic carbocycles. The van der Waals surface area contributed by atoms with Crippen LogP contribution in [-0.2, 0) is 32.6 Å². The fraction of sp³-hybridized carbons (Fsp3) is 0.375. The summed E-state index contributed by atoms with van der Waals surface area (Å²) in [6, 6.07) is 8.78. The van der Waals surface area contributed by atoms with Crippen molar-refractivity contribution < 1.29 is 22.7 Å². The zero-order chi connectivity index (χ0) is 24.6. The van der Waals surface area contributed by atoms with Crippen LogP contribution in [0.15, 0.2) is 47.6 Å². The third-order valence-corrected chi connectivity index (χ3v) is 7.91. The Morgan fingerprint density at radius 3 is 2.71 bits per heavy atom. The second-order valence-electron chi connectivity index (χ2n) is 8.52. The predicted molar refractivity (Wildman–Crippen MR) is 129 cm³/mol. The van der Waals surface area contributed by atoms with Crippen LogP contribution in [0.4, 0.5) is 0 Å². The Kier molecular flexibility index (Phi) is 6.30. The van der Waals surface area contributed by atoms with E-state index in [1.807, 2.05) is 36.7 Å². The highest BCUT2D eigenvalue weighted by molar-refractivity contribution is 7.89. The molecule has 0 atom stereocenters. The van der Waals surface area contributed by atoms with Crippen molar-refractivity contribution in [1.29, 1.82) is 0 Å². The Hall–Kier alpha value is -3.28. The van der Waals surface area contributed by atoms with E-state index in [0.717, 1.165) is 17.5 Å². The summed E-state index contributed by atoms with van der Waals surface area (Å²) in [5.41, 5.74) is 3.27. The quantitative estimate of drug-likeness (QED) is 0.361. The van der Waals surface area contributed by atoms with Crippen LogP contribution in [0.3, 0.4) is 0 Å². The van der Waals surface area contributed by atoms with E-state index in [1.165, 1.54) is 4.31 Å². The molecule has 1 saturated heterocycles. The number of fused-ring (bicyclic) bond motifs is 2. The van der Waals surface area contributed by atoms with Gasteiger partial charge in [-0.25, -0.2) is 23.2 Å². The largest absolute Gasteiger partial charge is 0.453 e. The molecular formula is C24H27N5O5S. The van der Waals surface area contributed by atoms with Crippen molar-refractivity contribution in [3.8, 4) is 0 Å². The number of benzene rings is 1. The average Bonchev–Trinajstić information content (AvgIpc) is 3.44. The molecule has 1 aliphatic heterocycles. The molecule has 3 aromatic heterocycles. The van der Waals surface area contributed by atoms with Crippen molar-refractivity contribution in [2.45, 2.75) is 38.3 Å². The summed E-state index contributed by atoms with van der Waals surface area (Å²) in [6.07, 6.45) is 4.32. The van der Waals surface area contributed by atoms with Crippen LogP contribution in [0.5, 0.6) is 0 Å². The second kappa shape index (κ2) is 9.40. The van der Waals surface area contributed by atoms with Gasteiger partial charge >= 0.3 is 5.97 Å². The SMILES string of the molecule is CCCn1c(COC(=O)c2cn3ccc(C)cc3n2)nc2cc(S(=O)(=O)N3CCOCC3)ccc21. The topological polar surface area (TPSA) is 108 Å². The van der Waals surface area contributed by atoms with Crippen LogP contribution in [0, 0.1) is 6.92 Å². The van der Waals surface area contributed by atoms with E-state index < -0.39 is 16.0 Å². The molecule has 0 N–H and O–H groups in total. The molecule has 11 heteroatoms. The van der Waals surface area contributed by atoms with Crippen molar-refractivity contribution in [2.24, 2.45) is 0 Å².